The van der Waals surface area contributed by atoms with Crippen molar-refractivity contribution in [2.24, 2.45) is 5.92 Å². The van der Waals surface area contributed by atoms with Gasteiger partial charge in [0.15, 0.2) is 0 Å². The van der Waals surface area contributed by atoms with Crippen LogP contribution in [0.2, 0.25) is 5.02 Å². The van der Waals surface area contributed by atoms with Gasteiger partial charge in [0, 0.05) is 6.54 Å². The molecule has 0 saturated heterocycles. The van der Waals surface area contributed by atoms with Gasteiger partial charge in [0.1, 0.15) is 5.82 Å². The van der Waals surface area contributed by atoms with Crippen LogP contribution in [0.25, 0.3) is 11.0 Å². The minimum Gasteiger partial charge on any atom is -0.327 e. The summed E-state index contributed by atoms with van der Waals surface area (Å²) in [5.74, 6) is 1.63. The third-order valence-corrected chi connectivity index (χ3v) is 2.76. The molecule has 0 aliphatic heterocycles. The molecule has 2 nitrogen and oxygen atoms in total. The Hall–Kier alpha value is -1.02. The fourth-order valence-corrected chi connectivity index (χ4v) is 2.12. The number of aromatic nitrogens is 2. The zero-order valence-corrected chi connectivity index (χ0v) is 10.0. The molecule has 2 aromatic rings. The number of imidazole rings is 1. The van der Waals surface area contributed by atoms with E-state index in [4.69, 9.17) is 11.6 Å². The van der Waals surface area contributed by atoms with Crippen LogP contribution in [0.1, 0.15) is 19.7 Å². The molecule has 1 heterocycles. The normalized spacial score (nSPS) is 11.5. The Morgan fingerprint density at radius 2 is 2.13 bits per heavy atom. The second-order valence-electron chi connectivity index (χ2n) is 4.27. The fourth-order valence-electron chi connectivity index (χ4n) is 1.85. The van der Waals surface area contributed by atoms with Crippen molar-refractivity contribution in [1.82, 2.24) is 9.55 Å². The lowest BCUT2D eigenvalue weighted by Crippen LogP contribution is -2.06. The Bertz CT molecular complexity index is 486. The number of hydrogen-bond acceptors (Lipinski definition) is 1. The first kappa shape index (κ1) is 10.5. The summed E-state index contributed by atoms with van der Waals surface area (Å²) >= 11 is 6.20. The molecule has 3 heteroatoms. The molecule has 2 rings (SSSR count). The summed E-state index contributed by atoms with van der Waals surface area (Å²) in [6.45, 7) is 7.38. The summed E-state index contributed by atoms with van der Waals surface area (Å²) in [5, 5.41) is 0.786. The Labute approximate surface area is 94.9 Å². The first-order valence-electron chi connectivity index (χ1n) is 5.21. The van der Waals surface area contributed by atoms with Crippen LogP contribution in [0.3, 0.4) is 0 Å². The van der Waals surface area contributed by atoms with Gasteiger partial charge in [-0.2, -0.15) is 0 Å². The molecule has 0 spiro atoms. The summed E-state index contributed by atoms with van der Waals surface area (Å²) in [6.07, 6.45) is 0. The van der Waals surface area contributed by atoms with E-state index in [2.05, 4.69) is 23.4 Å². The molecule has 15 heavy (non-hydrogen) atoms. The molecule has 0 amide bonds. The van der Waals surface area contributed by atoms with Crippen molar-refractivity contribution >= 4 is 22.6 Å². The van der Waals surface area contributed by atoms with E-state index >= 15 is 0 Å². The van der Waals surface area contributed by atoms with E-state index < -0.39 is 0 Å². The third-order valence-electron chi connectivity index (χ3n) is 2.46. The van der Waals surface area contributed by atoms with Crippen LogP contribution in [-0.2, 0) is 6.54 Å². The van der Waals surface area contributed by atoms with E-state index in [0.29, 0.717) is 5.92 Å². The van der Waals surface area contributed by atoms with Gasteiger partial charge < -0.3 is 4.57 Å². The van der Waals surface area contributed by atoms with Crippen LogP contribution < -0.4 is 0 Å². The number of benzene rings is 1. The number of para-hydroxylation sites is 1. The second-order valence-corrected chi connectivity index (χ2v) is 4.68. The van der Waals surface area contributed by atoms with Gasteiger partial charge in [-0.15, -0.1) is 0 Å². The lowest BCUT2D eigenvalue weighted by molar-refractivity contribution is 0.524. The first-order valence-corrected chi connectivity index (χ1v) is 5.58. The monoisotopic (exact) mass is 222 g/mol. The Morgan fingerprint density at radius 1 is 1.40 bits per heavy atom. The number of aryl methyl sites for hydroxylation is 1. The highest BCUT2D eigenvalue weighted by Crippen LogP contribution is 2.25. The fraction of sp³-hybridized carbons (Fsp3) is 0.417. The zero-order chi connectivity index (χ0) is 11.0. The maximum atomic E-state index is 6.20. The lowest BCUT2D eigenvalue weighted by Gasteiger charge is -2.10. The third kappa shape index (κ3) is 1.86. The highest BCUT2D eigenvalue weighted by Gasteiger charge is 2.10. The standard InChI is InChI=1S/C12H15ClN2/c1-8(2)7-15-9(3)14-11-6-4-5-10(13)12(11)15/h4-6,8H,7H2,1-3H3. The maximum absolute atomic E-state index is 6.20. The summed E-state index contributed by atoms with van der Waals surface area (Å²) < 4.78 is 2.20. The van der Waals surface area contributed by atoms with E-state index in [1.807, 2.05) is 25.1 Å². The molecule has 1 aromatic carbocycles. The summed E-state index contributed by atoms with van der Waals surface area (Å²) in [6, 6.07) is 5.86. The van der Waals surface area contributed by atoms with Crippen molar-refractivity contribution in [2.75, 3.05) is 0 Å². The zero-order valence-electron chi connectivity index (χ0n) is 9.29. The average Bonchev–Trinajstić information content (AvgIpc) is 2.43. The molecular weight excluding hydrogens is 208 g/mol. The number of hydrogen-bond donors (Lipinski definition) is 0. The largest absolute Gasteiger partial charge is 0.327 e. The number of fused-ring (bicyclic) bond motifs is 1. The molecule has 0 unspecified atom stereocenters. The van der Waals surface area contributed by atoms with E-state index in [9.17, 15) is 0 Å². The van der Waals surface area contributed by atoms with Crippen LogP contribution in [0, 0.1) is 12.8 Å². The molecular formula is C12H15ClN2. The quantitative estimate of drug-likeness (QED) is 0.759. The Morgan fingerprint density at radius 3 is 2.80 bits per heavy atom. The predicted octanol–water partition coefficient (Wildman–Crippen LogP) is 3.65. The maximum Gasteiger partial charge on any atom is 0.106 e. The predicted molar refractivity (Wildman–Crippen MR) is 64.3 cm³/mol. The van der Waals surface area contributed by atoms with Gasteiger partial charge in [-0.1, -0.05) is 31.5 Å². The minimum absolute atomic E-state index is 0.595. The first-order chi connectivity index (χ1) is 7.09. The Balaban J connectivity index is 2.65. The highest BCUT2D eigenvalue weighted by atomic mass is 35.5. The van der Waals surface area contributed by atoms with Crippen molar-refractivity contribution in [3.63, 3.8) is 0 Å². The van der Waals surface area contributed by atoms with Crippen LogP contribution >= 0.6 is 11.6 Å². The van der Waals surface area contributed by atoms with Crippen molar-refractivity contribution in [3.8, 4) is 0 Å². The molecule has 0 bridgehead atoms. The van der Waals surface area contributed by atoms with Crippen LogP contribution in [0.15, 0.2) is 18.2 Å². The van der Waals surface area contributed by atoms with Crippen molar-refractivity contribution in [2.45, 2.75) is 27.3 Å². The van der Waals surface area contributed by atoms with Crippen molar-refractivity contribution in [1.29, 1.82) is 0 Å². The van der Waals surface area contributed by atoms with E-state index in [0.717, 1.165) is 28.4 Å². The number of rotatable bonds is 2. The SMILES string of the molecule is Cc1nc2cccc(Cl)c2n1CC(C)C. The van der Waals surface area contributed by atoms with Crippen LogP contribution in [0.4, 0.5) is 0 Å². The second kappa shape index (κ2) is 3.86. The van der Waals surface area contributed by atoms with Crippen molar-refractivity contribution < 1.29 is 0 Å². The average molecular weight is 223 g/mol. The summed E-state index contributed by atoms with van der Waals surface area (Å²) in [4.78, 5) is 4.51. The molecule has 0 saturated carbocycles. The summed E-state index contributed by atoms with van der Waals surface area (Å²) in [7, 11) is 0. The lowest BCUT2D eigenvalue weighted by atomic mass is 10.2. The van der Waals surface area contributed by atoms with Gasteiger partial charge in [-0.3, -0.25) is 0 Å². The molecule has 0 radical (unpaired) electrons. The molecule has 1 aromatic heterocycles. The van der Waals surface area contributed by atoms with E-state index in [1.165, 1.54) is 0 Å². The van der Waals surface area contributed by atoms with Crippen LogP contribution in [0.5, 0.6) is 0 Å². The van der Waals surface area contributed by atoms with Gasteiger partial charge in [-0.05, 0) is 25.0 Å². The topological polar surface area (TPSA) is 17.8 Å². The molecule has 0 N–H and O–H groups in total. The van der Waals surface area contributed by atoms with Gasteiger partial charge in [0.05, 0.1) is 16.1 Å². The number of nitrogens with zero attached hydrogens (tertiary/aromatic N) is 2. The van der Waals surface area contributed by atoms with Crippen molar-refractivity contribution in [3.05, 3.63) is 29.0 Å². The van der Waals surface area contributed by atoms with Gasteiger partial charge >= 0.3 is 0 Å². The molecule has 0 atom stereocenters. The number of halogens is 1. The Kier molecular flexibility index (Phi) is 2.70. The molecule has 0 aliphatic carbocycles. The highest BCUT2D eigenvalue weighted by molar-refractivity contribution is 6.35. The minimum atomic E-state index is 0.595. The molecule has 0 aliphatic rings. The van der Waals surface area contributed by atoms with E-state index in [1.54, 1.807) is 0 Å². The van der Waals surface area contributed by atoms with Gasteiger partial charge in [0.25, 0.3) is 0 Å². The smallest absolute Gasteiger partial charge is 0.106 e. The van der Waals surface area contributed by atoms with Gasteiger partial charge in [-0.25, -0.2) is 4.98 Å². The van der Waals surface area contributed by atoms with Crippen LogP contribution in [-0.4, -0.2) is 9.55 Å². The molecule has 0 fully saturated rings. The molecule has 80 valence electrons. The van der Waals surface area contributed by atoms with E-state index in [-0.39, 0.29) is 0 Å². The van der Waals surface area contributed by atoms with Gasteiger partial charge in [0.2, 0.25) is 0 Å². The summed E-state index contributed by atoms with van der Waals surface area (Å²) in [5.41, 5.74) is 2.05.